The molecule has 0 spiro atoms. The van der Waals surface area contributed by atoms with Gasteiger partial charge in [0.05, 0.1) is 20.1 Å². The number of carbonyl (C=O) groups excluding carboxylic acids is 1. The zero-order valence-corrected chi connectivity index (χ0v) is 21.8. The maximum Gasteiger partial charge on any atom is 0.311 e. The van der Waals surface area contributed by atoms with E-state index in [1.54, 1.807) is 14.2 Å². The van der Waals surface area contributed by atoms with Crippen molar-refractivity contribution in [2.75, 3.05) is 14.2 Å². The van der Waals surface area contributed by atoms with Gasteiger partial charge < -0.3 is 14.2 Å². The summed E-state index contributed by atoms with van der Waals surface area (Å²) in [6.07, 6.45) is 2.94. The molecule has 34 heavy (non-hydrogen) atoms. The van der Waals surface area contributed by atoms with E-state index in [1.165, 1.54) is 5.56 Å². The van der Waals surface area contributed by atoms with Crippen LogP contribution in [0.2, 0.25) is 0 Å². The first kappa shape index (κ1) is 26.1. The molecule has 1 fully saturated rings. The monoisotopic (exact) mass is 467 g/mol. The zero-order chi connectivity index (χ0) is 24.9. The van der Waals surface area contributed by atoms with Crippen LogP contribution >= 0.6 is 0 Å². The van der Waals surface area contributed by atoms with Crippen LogP contribution in [0.25, 0.3) is 0 Å². The van der Waals surface area contributed by atoms with Crippen molar-refractivity contribution in [3.8, 4) is 11.5 Å². The zero-order valence-electron chi connectivity index (χ0n) is 21.8. The number of hydrogen-bond donors (Lipinski definition) is 0. The molecule has 0 aromatic heterocycles. The van der Waals surface area contributed by atoms with Gasteiger partial charge in [0, 0.05) is 18.6 Å². The molecule has 5 heteroatoms. The summed E-state index contributed by atoms with van der Waals surface area (Å²) >= 11 is 0. The SMILES string of the molecule is CC[C@@H]1CC[C@@H](C(=O)OC(C)(C)C)[C@H]1N(Cc1ccc(OC)c(OC)c1)[C@@H](C)c1ccccc1. The molecule has 5 nitrogen and oxygen atoms in total. The molecule has 0 aliphatic heterocycles. The standard InChI is InChI=1S/C29H41NO4/c1-8-22-15-16-24(28(31)34-29(3,4)5)27(22)30(20(2)23-12-10-9-11-13-23)19-21-14-17-25(32-6)26(18-21)33-7/h9-14,17-18,20,22,24,27H,8,15-16,19H2,1-7H3/t20-,22+,24+,27-/m0/s1. The lowest BCUT2D eigenvalue weighted by molar-refractivity contribution is -0.162. The minimum atomic E-state index is -0.495. The maximum atomic E-state index is 13.3. The van der Waals surface area contributed by atoms with Crippen molar-refractivity contribution >= 4 is 5.97 Å². The molecule has 0 unspecified atom stereocenters. The van der Waals surface area contributed by atoms with Gasteiger partial charge in [0.1, 0.15) is 5.60 Å². The van der Waals surface area contributed by atoms with Crippen LogP contribution in [0.4, 0.5) is 0 Å². The van der Waals surface area contributed by atoms with E-state index in [0.717, 1.165) is 30.6 Å². The van der Waals surface area contributed by atoms with E-state index in [0.29, 0.717) is 18.2 Å². The van der Waals surface area contributed by atoms with E-state index >= 15 is 0 Å². The van der Waals surface area contributed by atoms with E-state index in [1.807, 2.05) is 39.0 Å². The van der Waals surface area contributed by atoms with Crippen LogP contribution in [0.1, 0.15) is 71.0 Å². The van der Waals surface area contributed by atoms with Gasteiger partial charge in [-0.05, 0) is 69.7 Å². The second-order valence-corrected chi connectivity index (χ2v) is 10.3. The van der Waals surface area contributed by atoms with E-state index < -0.39 is 5.60 Å². The lowest BCUT2D eigenvalue weighted by Crippen LogP contribution is -2.46. The molecule has 0 bridgehead atoms. The van der Waals surface area contributed by atoms with Crippen molar-refractivity contribution < 1.29 is 19.0 Å². The van der Waals surface area contributed by atoms with Gasteiger partial charge in [-0.2, -0.15) is 0 Å². The van der Waals surface area contributed by atoms with Crippen molar-refractivity contribution in [2.24, 2.45) is 11.8 Å². The molecule has 0 N–H and O–H groups in total. The van der Waals surface area contributed by atoms with Gasteiger partial charge in [-0.3, -0.25) is 9.69 Å². The van der Waals surface area contributed by atoms with Gasteiger partial charge in [-0.15, -0.1) is 0 Å². The molecule has 1 aliphatic carbocycles. The maximum absolute atomic E-state index is 13.3. The lowest BCUT2D eigenvalue weighted by atomic mass is 9.90. The molecule has 1 saturated carbocycles. The van der Waals surface area contributed by atoms with Crippen LogP contribution in [0, 0.1) is 11.8 Å². The third-order valence-electron chi connectivity index (χ3n) is 6.95. The summed E-state index contributed by atoms with van der Waals surface area (Å²) in [7, 11) is 3.31. The predicted octanol–water partition coefficient (Wildman–Crippen LogP) is 6.41. The highest BCUT2D eigenvalue weighted by Crippen LogP contribution is 2.42. The Morgan fingerprint density at radius 2 is 1.71 bits per heavy atom. The minimum Gasteiger partial charge on any atom is -0.493 e. The molecule has 0 heterocycles. The summed E-state index contributed by atoms with van der Waals surface area (Å²) in [6, 6.07) is 16.9. The quantitative estimate of drug-likeness (QED) is 0.399. The smallest absolute Gasteiger partial charge is 0.311 e. The van der Waals surface area contributed by atoms with Gasteiger partial charge in [0.25, 0.3) is 0 Å². The Balaban J connectivity index is 2.01. The van der Waals surface area contributed by atoms with Gasteiger partial charge in [-0.1, -0.05) is 49.7 Å². The first-order chi connectivity index (χ1) is 16.2. The number of methoxy groups -OCH3 is 2. The highest BCUT2D eigenvalue weighted by Gasteiger charge is 2.45. The molecular formula is C29H41NO4. The lowest BCUT2D eigenvalue weighted by Gasteiger charge is -2.40. The van der Waals surface area contributed by atoms with Gasteiger partial charge in [-0.25, -0.2) is 0 Å². The number of carbonyl (C=O) groups is 1. The summed E-state index contributed by atoms with van der Waals surface area (Å²) in [5, 5.41) is 0. The van der Waals surface area contributed by atoms with Crippen LogP contribution in [0.5, 0.6) is 11.5 Å². The van der Waals surface area contributed by atoms with E-state index in [9.17, 15) is 4.79 Å². The normalized spacial score (nSPS) is 21.4. The van der Waals surface area contributed by atoms with Crippen molar-refractivity contribution in [1.29, 1.82) is 0 Å². The summed E-state index contributed by atoms with van der Waals surface area (Å²) in [4.78, 5) is 15.9. The summed E-state index contributed by atoms with van der Waals surface area (Å²) < 4.78 is 16.9. The Hall–Kier alpha value is -2.53. The van der Waals surface area contributed by atoms with Crippen LogP contribution in [-0.4, -0.2) is 36.7 Å². The molecule has 2 aromatic rings. The first-order valence-corrected chi connectivity index (χ1v) is 12.4. The molecule has 2 aromatic carbocycles. The fourth-order valence-electron chi connectivity index (χ4n) is 5.26. The number of ether oxygens (including phenoxy) is 3. The Labute approximate surface area is 205 Å². The molecule has 0 radical (unpaired) electrons. The molecule has 0 amide bonds. The Morgan fingerprint density at radius 1 is 1.03 bits per heavy atom. The molecule has 4 atom stereocenters. The summed E-state index contributed by atoms with van der Waals surface area (Å²) in [6.45, 7) is 11.0. The molecule has 1 aliphatic rings. The highest BCUT2D eigenvalue weighted by molar-refractivity contribution is 5.74. The van der Waals surface area contributed by atoms with Crippen LogP contribution in [0.3, 0.4) is 0 Å². The van der Waals surface area contributed by atoms with E-state index in [-0.39, 0.29) is 24.0 Å². The topological polar surface area (TPSA) is 48.0 Å². The number of esters is 1. The van der Waals surface area contributed by atoms with E-state index in [4.69, 9.17) is 14.2 Å². The molecule has 0 saturated heterocycles. The predicted molar refractivity (Wildman–Crippen MR) is 136 cm³/mol. The third-order valence-corrected chi connectivity index (χ3v) is 6.95. The van der Waals surface area contributed by atoms with Gasteiger partial charge in [0.15, 0.2) is 11.5 Å². The number of rotatable bonds is 9. The second kappa shape index (κ2) is 11.3. The Morgan fingerprint density at radius 3 is 2.29 bits per heavy atom. The second-order valence-electron chi connectivity index (χ2n) is 10.3. The third kappa shape index (κ3) is 6.12. The average Bonchev–Trinajstić information content (AvgIpc) is 3.25. The Bertz CT molecular complexity index is 937. The molecular weight excluding hydrogens is 426 g/mol. The Kier molecular flexibility index (Phi) is 8.64. The van der Waals surface area contributed by atoms with Crippen molar-refractivity contribution in [3.63, 3.8) is 0 Å². The van der Waals surface area contributed by atoms with Crippen LogP contribution < -0.4 is 9.47 Å². The van der Waals surface area contributed by atoms with Crippen molar-refractivity contribution in [1.82, 2.24) is 4.90 Å². The fourth-order valence-corrected chi connectivity index (χ4v) is 5.26. The highest BCUT2D eigenvalue weighted by atomic mass is 16.6. The number of benzene rings is 2. The van der Waals surface area contributed by atoms with Gasteiger partial charge in [0.2, 0.25) is 0 Å². The van der Waals surface area contributed by atoms with Gasteiger partial charge >= 0.3 is 5.97 Å². The minimum absolute atomic E-state index is 0.0778. The van der Waals surface area contributed by atoms with Crippen LogP contribution in [-0.2, 0) is 16.1 Å². The number of nitrogens with zero attached hydrogens (tertiary/aromatic N) is 1. The van der Waals surface area contributed by atoms with Crippen LogP contribution in [0.15, 0.2) is 48.5 Å². The van der Waals surface area contributed by atoms with Crippen molar-refractivity contribution in [2.45, 2.75) is 78.1 Å². The molecule has 3 rings (SSSR count). The summed E-state index contributed by atoms with van der Waals surface area (Å²) in [5.74, 6) is 1.65. The summed E-state index contributed by atoms with van der Waals surface area (Å²) in [5.41, 5.74) is 1.88. The average molecular weight is 468 g/mol. The first-order valence-electron chi connectivity index (χ1n) is 12.4. The largest absolute Gasteiger partial charge is 0.493 e. The fraction of sp³-hybridized carbons (Fsp3) is 0.552. The number of hydrogen-bond acceptors (Lipinski definition) is 5. The molecule has 186 valence electrons. The van der Waals surface area contributed by atoms with Crippen molar-refractivity contribution in [3.05, 3.63) is 59.7 Å². The van der Waals surface area contributed by atoms with E-state index in [2.05, 4.69) is 49.1 Å².